The van der Waals surface area contributed by atoms with Crippen LogP contribution < -0.4 is 5.73 Å². The number of rotatable bonds is 7. The van der Waals surface area contributed by atoms with E-state index >= 15 is 0 Å². The van der Waals surface area contributed by atoms with E-state index in [4.69, 9.17) is 10.5 Å². The van der Waals surface area contributed by atoms with E-state index in [-0.39, 0.29) is 5.60 Å². The maximum Gasteiger partial charge on any atom is 0.0623 e. The fourth-order valence-electron chi connectivity index (χ4n) is 2.03. The van der Waals surface area contributed by atoms with Crippen molar-refractivity contribution in [3.63, 3.8) is 0 Å². The van der Waals surface area contributed by atoms with Crippen LogP contribution in [0.15, 0.2) is 0 Å². The summed E-state index contributed by atoms with van der Waals surface area (Å²) in [5.41, 5.74) is 6.12. The van der Waals surface area contributed by atoms with E-state index in [1.807, 2.05) is 0 Å². The van der Waals surface area contributed by atoms with Crippen LogP contribution in [0.2, 0.25) is 0 Å². The van der Waals surface area contributed by atoms with E-state index in [0.29, 0.717) is 6.04 Å². The second-order valence-corrected chi connectivity index (χ2v) is 6.84. The molecular weight excluding hydrogens is 218 g/mol. The quantitative estimate of drug-likeness (QED) is 0.748. The predicted octanol–water partition coefficient (Wildman–Crippen LogP) is 3.19. The highest BCUT2D eigenvalue weighted by Gasteiger charge is 2.19. The van der Waals surface area contributed by atoms with Gasteiger partial charge >= 0.3 is 0 Å². The van der Waals surface area contributed by atoms with Crippen molar-refractivity contribution in [3.8, 4) is 0 Å². The molecule has 1 saturated carbocycles. The number of hydrogen-bond donors (Lipinski definition) is 1. The lowest BCUT2D eigenvalue weighted by Gasteiger charge is -2.24. The number of hydrogen-bond acceptors (Lipinski definition) is 3. The Balaban J connectivity index is 2.08. The van der Waals surface area contributed by atoms with Crippen LogP contribution in [-0.4, -0.2) is 29.8 Å². The zero-order valence-electron chi connectivity index (χ0n) is 11.0. The van der Waals surface area contributed by atoms with E-state index < -0.39 is 0 Å². The lowest BCUT2D eigenvalue weighted by atomic mass is 10.00. The van der Waals surface area contributed by atoms with Gasteiger partial charge in [0.2, 0.25) is 0 Å². The third kappa shape index (κ3) is 5.55. The van der Waals surface area contributed by atoms with Crippen LogP contribution in [0.25, 0.3) is 0 Å². The summed E-state index contributed by atoms with van der Waals surface area (Å²) in [5, 5.41) is 0.890. The smallest absolute Gasteiger partial charge is 0.0623 e. The monoisotopic (exact) mass is 245 g/mol. The minimum atomic E-state index is -0.0182. The normalized spacial score (nSPS) is 20.2. The Labute approximate surface area is 105 Å². The Bertz CT molecular complexity index is 190. The Morgan fingerprint density at radius 2 is 2.00 bits per heavy atom. The van der Waals surface area contributed by atoms with Gasteiger partial charge < -0.3 is 10.5 Å². The van der Waals surface area contributed by atoms with Crippen LogP contribution in [0.3, 0.4) is 0 Å². The summed E-state index contributed by atoms with van der Waals surface area (Å²) >= 11 is 2.08. The molecule has 16 heavy (non-hydrogen) atoms. The molecule has 0 aromatic rings. The SMILES string of the molecule is COC(C)(C)CCC(N)CSC1CCCC1. The summed E-state index contributed by atoms with van der Waals surface area (Å²) in [7, 11) is 1.78. The Hall–Kier alpha value is 0.270. The third-order valence-electron chi connectivity index (χ3n) is 3.52. The van der Waals surface area contributed by atoms with Crippen molar-refractivity contribution in [1.82, 2.24) is 0 Å². The maximum atomic E-state index is 6.14. The molecule has 3 heteroatoms. The second-order valence-electron chi connectivity index (χ2n) is 5.50. The van der Waals surface area contributed by atoms with Crippen LogP contribution in [0, 0.1) is 0 Å². The lowest BCUT2D eigenvalue weighted by molar-refractivity contribution is 0.0129. The predicted molar refractivity (Wildman–Crippen MR) is 73.0 cm³/mol. The molecule has 0 aliphatic heterocycles. The van der Waals surface area contributed by atoms with Crippen LogP contribution in [0.5, 0.6) is 0 Å². The minimum absolute atomic E-state index is 0.0182. The van der Waals surface area contributed by atoms with Crippen LogP contribution in [-0.2, 0) is 4.74 Å². The van der Waals surface area contributed by atoms with E-state index in [1.165, 1.54) is 25.7 Å². The van der Waals surface area contributed by atoms with Crippen LogP contribution in [0.4, 0.5) is 0 Å². The number of nitrogens with two attached hydrogens (primary N) is 1. The summed E-state index contributed by atoms with van der Waals surface area (Å²) in [5.74, 6) is 1.12. The first kappa shape index (κ1) is 14.3. The fraction of sp³-hybridized carbons (Fsp3) is 1.00. The zero-order chi connectivity index (χ0) is 12.0. The van der Waals surface area contributed by atoms with Gasteiger partial charge in [-0.1, -0.05) is 12.8 Å². The van der Waals surface area contributed by atoms with E-state index in [2.05, 4.69) is 25.6 Å². The summed E-state index contributed by atoms with van der Waals surface area (Å²) in [4.78, 5) is 0. The summed E-state index contributed by atoms with van der Waals surface area (Å²) in [6.45, 7) is 4.26. The van der Waals surface area contributed by atoms with E-state index in [1.54, 1.807) is 7.11 Å². The molecule has 1 aliphatic carbocycles. The molecule has 0 amide bonds. The van der Waals surface area contributed by atoms with Gasteiger partial charge in [-0.25, -0.2) is 0 Å². The van der Waals surface area contributed by atoms with Crippen molar-refractivity contribution in [2.75, 3.05) is 12.9 Å². The average molecular weight is 245 g/mol. The van der Waals surface area contributed by atoms with Crippen LogP contribution >= 0.6 is 11.8 Å². The van der Waals surface area contributed by atoms with Crippen molar-refractivity contribution >= 4 is 11.8 Å². The van der Waals surface area contributed by atoms with Gasteiger partial charge in [-0.05, 0) is 39.5 Å². The third-order valence-corrected chi connectivity index (χ3v) is 5.08. The molecule has 0 bridgehead atoms. The van der Waals surface area contributed by atoms with Gasteiger partial charge in [-0.15, -0.1) is 0 Å². The first-order chi connectivity index (χ1) is 7.53. The van der Waals surface area contributed by atoms with Crippen molar-refractivity contribution in [2.24, 2.45) is 5.73 Å². The van der Waals surface area contributed by atoms with Gasteiger partial charge in [0.25, 0.3) is 0 Å². The molecule has 0 aromatic heterocycles. The Morgan fingerprint density at radius 3 is 2.56 bits per heavy atom. The molecule has 1 atom stereocenters. The molecule has 96 valence electrons. The number of methoxy groups -OCH3 is 1. The highest BCUT2D eigenvalue weighted by Crippen LogP contribution is 2.30. The maximum absolute atomic E-state index is 6.14. The van der Waals surface area contributed by atoms with Gasteiger partial charge in [0, 0.05) is 24.2 Å². The largest absolute Gasteiger partial charge is 0.379 e. The second kappa shape index (κ2) is 6.87. The molecule has 0 aromatic carbocycles. The first-order valence-electron chi connectivity index (χ1n) is 6.46. The molecule has 2 N–H and O–H groups in total. The molecule has 1 fully saturated rings. The zero-order valence-corrected chi connectivity index (χ0v) is 11.8. The molecule has 1 unspecified atom stereocenters. The topological polar surface area (TPSA) is 35.2 Å². The van der Waals surface area contributed by atoms with Gasteiger partial charge in [-0.2, -0.15) is 11.8 Å². The number of ether oxygens (including phenoxy) is 1. The summed E-state index contributed by atoms with van der Waals surface area (Å²) in [6.07, 6.45) is 7.77. The molecule has 1 aliphatic rings. The van der Waals surface area contributed by atoms with Gasteiger partial charge in [0.05, 0.1) is 5.60 Å². The molecule has 0 heterocycles. The lowest BCUT2D eigenvalue weighted by Crippen LogP contribution is -2.30. The van der Waals surface area contributed by atoms with Crippen molar-refractivity contribution in [2.45, 2.75) is 69.3 Å². The highest BCUT2D eigenvalue weighted by molar-refractivity contribution is 7.99. The van der Waals surface area contributed by atoms with Crippen molar-refractivity contribution in [3.05, 3.63) is 0 Å². The van der Waals surface area contributed by atoms with E-state index in [0.717, 1.165) is 23.8 Å². The Morgan fingerprint density at radius 1 is 1.38 bits per heavy atom. The molecule has 0 spiro atoms. The van der Waals surface area contributed by atoms with Crippen LogP contribution in [0.1, 0.15) is 52.4 Å². The molecular formula is C13H27NOS. The van der Waals surface area contributed by atoms with Crippen molar-refractivity contribution < 1.29 is 4.74 Å². The average Bonchev–Trinajstić information content (AvgIpc) is 2.76. The minimum Gasteiger partial charge on any atom is -0.379 e. The number of thioether (sulfide) groups is 1. The van der Waals surface area contributed by atoms with Gasteiger partial charge in [0.1, 0.15) is 0 Å². The highest BCUT2D eigenvalue weighted by atomic mass is 32.2. The molecule has 0 radical (unpaired) electrons. The van der Waals surface area contributed by atoms with Gasteiger partial charge in [-0.3, -0.25) is 0 Å². The summed E-state index contributed by atoms with van der Waals surface area (Å²) < 4.78 is 5.40. The Kier molecular flexibility index (Phi) is 6.16. The van der Waals surface area contributed by atoms with Crippen molar-refractivity contribution in [1.29, 1.82) is 0 Å². The summed E-state index contributed by atoms with van der Waals surface area (Å²) in [6, 6.07) is 0.333. The fourth-order valence-corrected chi connectivity index (χ4v) is 3.39. The molecule has 1 rings (SSSR count). The standard InChI is InChI=1S/C13H27NOS/c1-13(2,15-3)9-8-11(14)10-16-12-6-4-5-7-12/h11-12H,4-10,14H2,1-3H3. The van der Waals surface area contributed by atoms with E-state index in [9.17, 15) is 0 Å². The molecule has 2 nitrogen and oxygen atoms in total. The molecule has 0 saturated heterocycles. The van der Waals surface area contributed by atoms with Gasteiger partial charge in [0.15, 0.2) is 0 Å². The first-order valence-corrected chi connectivity index (χ1v) is 7.51.